The summed E-state index contributed by atoms with van der Waals surface area (Å²) in [5.41, 5.74) is 8.38. The number of β-lactam (4-membered cyclic amide) rings is 1. The molecule has 0 spiro atoms. The number of anilines is 1. The first-order valence-electron chi connectivity index (χ1n) is 12.1. The number of nitrogens with two attached hydrogens (primary N) is 1. The van der Waals surface area contributed by atoms with Gasteiger partial charge in [-0.2, -0.15) is 4.57 Å². The molecule has 0 radical (unpaired) electrons. The van der Waals surface area contributed by atoms with Gasteiger partial charge in [-0.1, -0.05) is 5.16 Å². The van der Waals surface area contributed by atoms with Crippen molar-refractivity contribution in [1.82, 2.24) is 15.2 Å². The normalized spacial score (nSPS) is 21.1. The zero-order valence-electron chi connectivity index (χ0n) is 20.6. The number of hydrogen-bond acceptors (Lipinski definition) is 9. The van der Waals surface area contributed by atoms with E-state index in [0.717, 1.165) is 30.6 Å². The SMILES string of the molecule is CON=C(C(=O)N[C@@H]1C(=O)N2C(C(=O)O)=C(/C=C/C[n+]3cccc4c3CCCC4)SC[C@H]12)c1csc(N)n1. The van der Waals surface area contributed by atoms with Gasteiger partial charge in [-0.25, -0.2) is 9.78 Å². The Hall–Kier alpha value is -3.71. The molecule has 13 heteroatoms. The van der Waals surface area contributed by atoms with Gasteiger partial charge >= 0.3 is 5.97 Å². The molecule has 0 unspecified atom stereocenters. The zero-order valence-corrected chi connectivity index (χ0v) is 22.3. The van der Waals surface area contributed by atoms with Crippen molar-refractivity contribution in [2.24, 2.45) is 5.16 Å². The second-order valence-corrected chi connectivity index (χ2v) is 10.9. The summed E-state index contributed by atoms with van der Waals surface area (Å²) in [6.45, 7) is 0.610. The maximum absolute atomic E-state index is 13.0. The first kappa shape index (κ1) is 25.9. The van der Waals surface area contributed by atoms with Crippen LogP contribution in [0.25, 0.3) is 0 Å². The lowest BCUT2D eigenvalue weighted by Crippen LogP contribution is -2.73. The quantitative estimate of drug-likeness (QED) is 0.191. The lowest BCUT2D eigenvalue weighted by atomic mass is 9.94. The third-order valence-electron chi connectivity index (χ3n) is 6.72. The molecule has 2 atom stereocenters. The highest BCUT2D eigenvalue weighted by molar-refractivity contribution is 8.03. The average molecular weight is 556 g/mol. The van der Waals surface area contributed by atoms with Crippen LogP contribution in [0, 0.1) is 0 Å². The molecule has 0 aromatic carbocycles. The Morgan fingerprint density at radius 1 is 1.39 bits per heavy atom. The number of carboxylic acid groups (broad SMARTS) is 1. The average Bonchev–Trinajstić information content (AvgIpc) is 3.35. The molecule has 38 heavy (non-hydrogen) atoms. The topological polar surface area (TPSA) is 151 Å². The van der Waals surface area contributed by atoms with Crippen LogP contribution in [0.3, 0.4) is 0 Å². The number of rotatable bonds is 8. The van der Waals surface area contributed by atoms with E-state index in [1.807, 2.05) is 18.3 Å². The van der Waals surface area contributed by atoms with Crippen LogP contribution < -0.4 is 15.6 Å². The number of carbonyl (C=O) groups is 3. The number of hydrogen-bond donors (Lipinski definition) is 3. The highest BCUT2D eigenvalue weighted by Crippen LogP contribution is 2.39. The van der Waals surface area contributed by atoms with Crippen LogP contribution >= 0.6 is 23.1 Å². The molecule has 1 fully saturated rings. The van der Waals surface area contributed by atoms with Crippen LogP contribution in [0.15, 0.2) is 51.6 Å². The van der Waals surface area contributed by atoms with Gasteiger partial charge < -0.3 is 21.0 Å². The van der Waals surface area contributed by atoms with Gasteiger partial charge in [-0.15, -0.1) is 23.1 Å². The van der Waals surface area contributed by atoms with Crippen LogP contribution in [-0.4, -0.2) is 63.4 Å². The summed E-state index contributed by atoms with van der Waals surface area (Å²) in [6.07, 6.45) is 10.2. The zero-order chi connectivity index (χ0) is 26.8. The number of pyridine rings is 1. The largest absolute Gasteiger partial charge is 0.477 e. The summed E-state index contributed by atoms with van der Waals surface area (Å²) in [5, 5.41) is 18.2. The summed E-state index contributed by atoms with van der Waals surface area (Å²) in [7, 11) is 1.29. The van der Waals surface area contributed by atoms with Crippen molar-refractivity contribution in [2.45, 2.75) is 44.3 Å². The maximum Gasteiger partial charge on any atom is 0.353 e. The number of amides is 2. The molecule has 1 saturated heterocycles. The predicted molar refractivity (Wildman–Crippen MR) is 142 cm³/mol. The summed E-state index contributed by atoms with van der Waals surface area (Å²) >= 11 is 2.49. The van der Waals surface area contributed by atoms with E-state index in [4.69, 9.17) is 10.6 Å². The number of nitrogens with one attached hydrogen (secondary N) is 1. The summed E-state index contributed by atoms with van der Waals surface area (Å²) in [5.74, 6) is -1.91. The van der Waals surface area contributed by atoms with Gasteiger partial charge in [0.25, 0.3) is 11.8 Å². The minimum atomic E-state index is -1.19. The number of nitrogens with zero attached hydrogens (tertiary/aromatic N) is 4. The Labute approximate surface area is 227 Å². The van der Waals surface area contributed by atoms with Crippen molar-refractivity contribution in [3.05, 3.63) is 63.4 Å². The Morgan fingerprint density at radius 2 is 2.21 bits per heavy atom. The highest BCUT2D eigenvalue weighted by atomic mass is 32.2. The fourth-order valence-electron chi connectivity index (χ4n) is 4.97. The van der Waals surface area contributed by atoms with Crippen LogP contribution in [0.2, 0.25) is 0 Å². The minimum absolute atomic E-state index is 0.0730. The van der Waals surface area contributed by atoms with Gasteiger partial charge in [0.2, 0.25) is 0 Å². The van der Waals surface area contributed by atoms with E-state index in [2.05, 4.69) is 26.1 Å². The fourth-order valence-corrected chi connectivity index (χ4v) is 6.72. The first-order chi connectivity index (χ1) is 18.4. The van der Waals surface area contributed by atoms with Crippen molar-refractivity contribution < 1.29 is 28.9 Å². The van der Waals surface area contributed by atoms with Crippen molar-refractivity contribution in [1.29, 1.82) is 0 Å². The molecular formula is C25H27N6O5S2+. The van der Waals surface area contributed by atoms with Gasteiger partial charge in [0.1, 0.15) is 24.5 Å². The molecule has 4 N–H and O–H groups in total. The molecule has 11 nitrogen and oxygen atoms in total. The maximum atomic E-state index is 13.0. The standard InChI is InChI=1S/C25H26N6O5S2/c1-36-29-19(15-12-38-25(26)27-15)22(32)28-20-17-13-37-18(21(24(34)35)31(17)23(20)33)9-5-11-30-10-4-7-14-6-2-3-8-16(14)30/h4-5,7,9-10,12,17,20H,2-3,6,8,11,13H2,1H3,(H3-,26,27,28,32,34,35)/p+1/b9-5+,29-19?/t17-,20+/m1/s1. The number of aromatic nitrogens is 2. The number of oxime groups is 1. The molecule has 0 saturated carbocycles. The molecular weight excluding hydrogens is 528 g/mol. The third kappa shape index (κ3) is 4.90. The Balaban J connectivity index is 1.31. The van der Waals surface area contributed by atoms with Gasteiger partial charge in [-0.05, 0) is 37.5 Å². The molecule has 5 rings (SSSR count). The second-order valence-electron chi connectivity index (χ2n) is 8.99. The predicted octanol–water partition coefficient (Wildman–Crippen LogP) is 1.24. The number of fused-ring (bicyclic) bond motifs is 2. The number of carboxylic acids is 1. The van der Waals surface area contributed by atoms with E-state index in [1.165, 1.54) is 41.4 Å². The second kappa shape index (κ2) is 11.0. The number of aliphatic carboxylic acids is 1. The molecule has 2 aliphatic heterocycles. The summed E-state index contributed by atoms with van der Waals surface area (Å²) in [4.78, 5) is 48.7. The molecule has 3 aliphatic rings. The molecule has 2 aromatic heterocycles. The number of thioether (sulfide) groups is 1. The number of nitrogen functional groups attached to an aromatic ring is 1. The summed E-state index contributed by atoms with van der Waals surface area (Å²) in [6, 6.07) is 2.82. The van der Waals surface area contributed by atoms with Crippen molar-refractivity contribution >= 4 is 51.7 Å². The number of carbonyl (C=O) groups excluding carboxylic acids is 2. The lowest BCUT2D eigenvalue weighted by molar-refractivity contribution is -0.695. The van der Waals surface area contributed by atoms with Gasteiger partial charge in [0.05, 0.1) is 6.04 Å². The van der Waals surface area contributed by atoms with E-state index in [0.29, 0.717) is 17.2 Å². The lowest BCUT2D eigenvalue weighted by Gasteiger charge is -2.49. The van der Waals surface area contributed by atoms with Crippen molar-refractivity contribution in [3.63, 3.8) is 0 Å². The Morgan fingerprint density at radius 3 is 2.95 bits per heavy atom. The number of allylic oxidation sites excluding steroid dienone is 2. The van der Waals surface area contributed by atoms with E-state index in [-0.39, 0.29) is 22.2 Å². The highest BCUT2D eigenvalue weighted by Gasteiger charge is 2.54. The van der Waals surface area contributed by atoms with E-state index < -0.39 is 29.9 Å². The van der Waals surface area contributed by atoms with Crippen LogP contribution in [-0.2, 0) is 38.6 Å². The Kier molecular flexibility index (Phi) is 7.47. The van der Waals surface area contributed by atoms with E-state index in [1.54, 1.807) is 11.5 Å². The molecule has 198 valence electrons. The fraction of sp³-hybridized carbons (Fsp3) is 0.360. The van der Waals surface area contributed by atoms with Crippen LogP contribution in [0.5, 0.6) is 0 Å². The minimum Gasteiger partial charge on any atom is -0.477 e. The van der Waals surface area contributed by atoms with Gasteiger partial charge in [0.15, 0.2) is 29.3 Å². The van der Waals surface area contributed by atoms with Crippen LogP contribution in [0.4, 0.5) is 5.13 Å². The number of thiazole rings is 1. The van der Waals surface area contributed by atoms with Crippen molar-refractivity contribution in [3.8, 4) is 0 Å². The number of aryl methyl sites for hydroxylation is 1. The summed E-state index contributed by atoms with van der Waals surface area (Å²) < 4.78 is 2.19. The Bertz CT molecular complexity index is 1380. The van der Waals surface area contributed by atoms with E-state index in [9.17, 15) is 19.5 Å². The van der Waals surface area contributed by atoms with Gasteiger partial charge in [-0.3, -0.25) is 14.5 Å². The smallest absolute Gasteiger partial charge is 0.353 e. The van der Waals surface area contributed by atoms with Gasteiger partial charge in [0, 0.05) is 34.1 Å². The molecule has 4 heterocycles. The molecule has 2 aromatic rings. The molecule has 1 aliphatic carbocycles. The van der Waals surface area contributed by atoms with Crippen molar-refractivity contribution in [2.75, 3.05) is 18.6 Å². The monoisotopic (exact) mass is 555 g/mol. The molecule has 0 bridgehead atoms. The third-order valence-corrected chi connectivity index (χ3v) is 8.54. The van der Waals surface area contributed by atoms with Crippen LogP contribution in [0.1, 0.15) is 29.8 Å². The van der Waals surface area contributed by atoms with E-state index >= 15 is 0 Å². The molecule has 2 amide bonds. The first-order valence-corrected chi connectivity index (χ1v) is 14.0.